The summed E-state index contributed by atoms with van der Waals surface area (Å²) < 4.78 is 5.32. The van der Waals surface area contributed by atoms with Crippen molar-refractivity contribution in [1.29, 1.82) is 0 Å². The van der Waals surface area contributed by atoms with E-state index in [4.69, 9.17) is 4.74 Å². The molecule has 5 rings (SSSR count). The third kappa shape index (κ3) is 1.78. The summed E-state index contributed by atoms with van der Waals surface area (Å²) in [4.78, 5) is 13.0. The zero-order chi connectivity index (χ0) is 15.6. The highest BCUT2D eigenvalue weighted by Gasteiger charge is 2.54. The van der Waals surface area contributed by atoms with Crippen LogP contribution < -0.4 is 4.74 Å². The van der Waals surface area contributed by atoms with Gasteiger partial charge in [-0.1, -0.05) is 30.4 Å². The lowest BCUT2D eigenvalue weighted by molar-refractivity contribution is -0.130. The predicted molar refractivity (Wildman–Crippen MR) is 90.7 cm³/mol. The Morgan fingerprint density at radius 3 is 2.70 bits per heavy atom. The second-order valence-electron chi connectivity index (χ2n) is 7.46. The van der Waals surface area contributed by atoms with Crippen molar-refractivity contribution in [2.45, 2.75) is 25.7 Å². The summed E-state index contributed by atoms with van der Waals surface area (Å²) in [6, 6.07) is 10.7. The Labute approximate surface area is 136 Å². The maximum absolute atomic E-state index is 13.0. The van der Waals surface area contributed by atoms with Crippen LogP contribution in [-0.2, 0) is 17.6 Å². The van der Waals surface area contributed by atoms with Crippen LogP contribution in [0.1, 0.15) is 24.0 Å². The van der Waals surface area contributed by atoms with E-state index in [1.807, 2.05) is 6.07 Å². The van der Waals surface area contributed by atoms with Gasteiger partial charge in [-0.25, -0.2) is 0 Å². The van der Waals surface area contributed by atoms with Crippen molar-refractivity contribution in [2.75, 3.05) is 7.11 Å². The second kappa shape index (κ2) is 4.47. The maximum atomic E-state index is 13.0. The number of hydrogen-bond acceptors (Lipinski definition) is 2. The lowest BCUT2D eigenvalue weighted by atomic mass is 9.63. The van der Waals surface area contributed by atoms with Crippen LogP contribution in [0, 0.1) is 17.3 Å². The predicted octanol–water partition coefficient (Wildman–Crippen LogP) is 4.10. The number of Topliss-reactive ketones (excluding diaryl/α,β-unsaturated/α-hetero) is 1. The van der Waals surface area contributed by atoms with E-state index in [1.54, 1.807) is 7.11 Å². The van der Waals surface area contributed by atoms with E-state index in [2.05, 4.69) is 36.4 Å². The summed E-state index contributed by atoms with van der Waals surface area (Å²) in [5.41, 5.74) is 2.49. The van der Waals surface area contributed by atoms with Crippen molar-refractivity contribution in [3.8, 4) is 5.75 Å². The van der Waals surface area contributed by atoms with Gasteiger partial charge < -0.3 is 4.74 Å². The van der Waals surface area contributed by atoms with Crippen molar-refractivity contribution >= 4 is 16.6 Å². The number of ketones is 1. The highest BCUT2D eigenvalue weighted by Crippen LogP contribution is 2.56. The van der Waals surface area contributed by atoms with E-state index in [0.717, 1.165) is 18.6 Å². The molecule has 2 aromatic carbocycles. The van der Waals surface area contributed by atoms with E-state index in [0.29, 0.717) is 24.0 Å². The minimum absolute atomic E-state index is 0.105. The number of hydrogen-bond donors (Lipinski definition) is 0. The fourth-order valence-electron chi connectivity index (χ4n) is 5.09. The Hall–Kier alpha value is -2.09. The number of carbonyl (C=O) groups excluding carboxylic acids is 1. The van der Waals surface area contributed by atoms with Crippen molar-refractivity contribution in [3.05, 3.63) is 53.6 Å². The third-order valence-corrected chi connectivity index (χ3v) is 6.29. The molecule has 0 radical (unpaired) electrons. The molecule has 2 heteroatoms. The number of allylic oxidation sites excluding steroid dienone is 2. The Morgan fingerprint density at radius 1 is 1.09 bits per heavy atom. The molecule has 0 aliphatic heterocycles. The molecule has 0 N–H and O–H groups in total. The average Bonchev–Trinajstić information content (AvgIpc) is 3.15. The van der Waals surface area contributed by atoms with Gasteiger partial charge >= 0.3 is 0 Å². The number of benzene rings is 2. The summed E-state index contributed by atoms with van der Waals surface area (Å²) in [6.45, 7) is 0. The largest absolute Gasteiger partial charge is 0.497 e. The maximum Gasteiger partial charge on any atom is 0.144 e. The van der Waals surface area contributed by atoms with Gasteiger partial charge in [0, 0.05) is 11.8 Å². The molecule has 0 saturated heterocycles. The van der Waals surface area contributed by atoms with Crippen LogP contribution in [0.4, 0.5) is 0 Å². The number of fused-ring (bicyclic) bond motifs is 5. The summed E-state index contributed by atoms with van der Waals surface area (Å²) in [7, 11) is 1.69. The molecule has 23 heavy (non-hydrogen) atoms. The highest BCUT2D eigenvalue weighted by atomic mass is 16.5. The average molecular weight is 304 g/mol. The van der Waals surface area contributed by atoms with Crippen LogP contribution in [0.25, 0.3) is 10.8 Å². The fourth-order valence-corrected chi connectivity index (χ4v) is 5.09. The molecule has 1 fully saturated rings. The van der Waals surface area contributed by atoms with Gasteiger partial charge in [-0.2, -0.15) is 0 Å². The molecule has 3 aliphatic rings. The van der Waals surface area contributed by atoms with Gasteiger partial charge in [-0.3, -0.25) is 4.79 Å². The molecular weight excluding hydrogens is 284 g/mol. The Bertz CT molecular complexity index is 864. The zero-order valence-corrected chi connectivity index (χ0v) is 13.3. The quantitative estimate of drug-likeness (QED) is 0.742. The summed E-state index contributed by atoms with van der Waals surface area (Å²) in [6.07, 6.45) is 8.40. The van der Waals surface area contributed by atoms with Crippen LogP contribution in [0.2, 0.25) is 0 Å². The summed E-state index contributed by atoms with van der Waals surface area (Å²) in [5, 5.41) is 2.41. The lowest BCUT2D eigenvalue weighted by Gasteiger charge is -2.38. The van der Waals surface area contributed by atoms with Crippen molar-refractivity contribution in [2.24, 2.45) is 17.3 Å². The smallest absolute Gasteiger partial charge is 0.144 e. The first-order valence-electron chi connectivity index (χ1n) is 8.49. The van der Waals surface area contributed by atoms with Crippen molar-refractivity contribution in [1.82, 2.24) is 0 Å². The van der Waals surface area contributed by atoms with E-state index < -0.39 is 0 Å². The van der Waals surface area contributed by atoms with Gasteiger partial charge in [0.05, 0.1) is 7.11 Å². The van der Waals surface area contributed by atoms with Crippen LogP contribution in [-0.4, -0.2) is 12.9 Å². The molecule has 0 heterocycles. The zero-order valence-electron chi connectivity index (χ0n) is 13.3. The molecule has 2 nitrogen and oxygen atoms in total. The molecule has 116 valence electrons. The molecule has 3 unspecified atom stereocenters. The normalized spacial score (nSPS) is 31.1. The van der Waals surface area contributed by atoms with Gasteiger partial charge in [0.15, 0.2) is 0 Å². The Kier molecular flexibility index (Phi) is 2.60. The summed E-state index contributed by atoms with van der Waals surface area (Å²) >= 11 is 0. The van der Waals surface area contributed by atoms with Gasteiger partial charge in [0.1, 0.15) is 11.5 Å². The minimum Gasteiger partial charge on any atom is -0.497 e. The minimum atomic E-state index is -0.105. The van der Waals surface area contributed by atoms with Crippen LogP contribution >= 0.6 is 0 Å². The Balaban J connectivity index is 1.62. The first kappa shape index (κ1) is 13.4. The molecule has 3 atom stereocenters. The molecule has 0 aromatic heterocycles. The first-order chi connectivity index (χ1) is 11.2. The number of rotatable bonds is 1. The van der Waals surface area contributed by atoms with Gasteiger partial charge in [-0.15, -0.1) is 0 Å². The number of methoxy groups -OCH3 is 1. The van der Waals surface area contributed by atoms with E-state index in [-0.39, 0.29) is 5.41 Å². The standard InChI is InChI=1S/C21H20O2/c1-23-19-5-3-14-7-17-12-21(11-13-2-4-18(21)6-13)20(22)10-16(17)8-15(14)9-19/h2-5,7-9,13,18H,6,10-12H2,1H3. The highest BCUT2D eigenvalue weighted by molar-refractivity contribution is 5.93. The van der Waals surface area contributed by atoms with E-state index >= 15 is 0 Å². The lowest BCUT2D eigenvalue weighted by Crippen LogP contribution is -2.41. The fraction of sp³-hybridized carbons (Fsp3) is 0.381. The summed E-state index contributed by atoms with van der Waals surface area (Å²) in [5.74, 6) is 2.44. The third-order valence-electron chi connectivity index (χ3n) is 6.29. The van der Waals surface area contributed by atoms with Crippen LogP contribution in [0.15, 0.2) is 42.5 Å². The van der Waals surface area contributed by atoms with Crippen molar-refractivity contribution in [3.63, 3.8) is 0 Å². The van der Waals surface area contributed by atoms with Crippen molar-refractivity contribution < 1.29 is 9.53 Å². The number of carbonyl (C=O) groups is 1. The molecule has 2 aromatic rings. The first-order valence-corrected chi connectivity index (χ1v) is 8.49. The number of ether oxygens (including phenoxy) is 1. The molecule has 3 aliphatic carbocycles. The second-order valence-corrected chi connectivity index (χ2v) is 7.46. The topological polar surface area (TPSA) is 26.3 Å². The van der Waals surface area contributed by atoms with E-state index in [1.165, 1.54) is 28.3 Å². The van der Waals surface area contributed by atoms with Gasteiger partial charge in [-0.05, 0) is 65.1 Å². The SMILES string of the molecule is COc1ccc2cc3c(cc2c1)CC(=O)C1(C3)CC2C=CC1C2. The molecular formula is C21H20O2. The van der Waals surface area contributed by atoms with E-state index in [9.17, 15) is 4.79 Å². The molecule has 1 spiro atoms. The molecule has 0 amide bonds. The monoisotopic (exact) mass is 304 g/mol. The van der Waals surface area contributed by atoms with Crippen LogP contribution in [0.5, 0.6) is 5.75 Å². The molecule has 2 bridgehead atoms. The van der Waals surface area contributed by atoms with Crippen LogP contribution in [0.3, 0.4) is 0 Å². The molecule has 1 saturated carbocycles. The van der Waals surface area contributed by atoms with Gasteiger partial charge in [0.25, 0.3) is 0 Å². The Morgan fingerprint density at radius 2 is 1.96 bits per heavy atom. The van der Waals surface area contributed by atoms with Gasteiger partial charge in [0.2, 0.25) is 0 Å².